The molecule has 2 heterocycles. The maximum Gasteiger partial charge on any atom is 0.255 e. The summed E-state index contributed by atoms with van der Waals surface area (Å²) in [6.45, 7) is 0. The van der Waals surface area contributed by atoms with Gasteiger partial charge < -0.3 is 5.32 Å². The lowest BCUT2D eigenvalue weighted by Gasteiger charge is -2.39. The Balaban J connectivity index is 1.65. The molecule has 8 heteroatoms. The van der Waals surface area contributed by atoms with E-state index >= 15 is 0 Å². The molecule has 5 nitrogen and oxygen atoms in total. The number of nitrogens with one attached hydrogen (secondary N) is 1. The molecule has 0 spiro atoms. The monoisotopic (exact) mass is 570 g/mol. The van der Waals surface area contributed by atoms with Crippen LogP contribution in [0.25, 0.3) is 10.1 Å². The third-order valence-corrected chi connectivity index (χ3v) is 8.51. The van der Waals surface area contributed by atoms with Gasteiger partial charge in [0.2, 0.25) is 0 Å². The summed E-state index contributed by atoms with van der Waals surface area (Å²) in [5.74, 6) is -1.62. The van der Waals surface area contributed by atoms with E-state index in [1.807, 2.05) is 24.3 Å². The molecule has 1 aliphatic rings. The van der Waals surface area contributed by atoms with Crippen LogP contribution in [0.3, 0.4) is 0 Å². The number of carbonyl (C=O) groups excluding carboxylic acids is 2. The van der Waals surface area contributed by atoms with E-state index in [2.05, 4.69) is 5.32 Å². The van der Waals surface area contributed by atoms with Crippen LogP contribution in [-0.4, -0.2) is 17.9 Å². The van der Waals surface area contributed by atoms with Gasteiger partial charge in [-0.3, -0.25) is 19.3 Å². The first-order valence-corrected chi connectivity index (χ1v) is 13.8. The Kier molecular flexibility index (Phi) is 6.69. The highest BCUT2D eigenvalue weighted by Gasteiger charge is 2.45. The molecule has 0 aliphatic carbocycles. The lowest BCUT2D eigenvalue weighted by molar-refractivity contribution is -0.120. The normalized spacial score (nSPS) is 16.7. The molecule has 192 valence electrons. The Hall–Kier alpha value is -3.97. The molecule has 1 aliphatic heterocycles. The molecule has 0 fully saturated rings. The van der Waals surface area contributed by atoms with Crippen LogP contribution in [0.2, 0.25) is 10.0 Å². The van der Waals surface area contributed by atoms with Crippen LogP contribution >= 0.6 is 34.5 Å². The van der Waals surface area contributed by atoms with Crippen molar-refractivity contribution in [3.63, 3.8) is 0 Å². The summed E-state index contributed by atoms with van der Waals surface area (Å²) < 4.78 is 0.657. The van der Waals surface area contributed by atoms with Crippen LogP contribution in [0, 0.1) is 0 Å². The third-order valence-electron chi connectivity index (χ3n) is 6.78. The molecule has 0 bridgehead atoms. The number of fused-ring (bicyclic) bond motifs is 2. The van der Waals surface area contributed by atoms with E-state index in [9.17, 15) is 14.4 Å². The molecule has 39 heavy (non-hydrogen) atoms. The highest BCUT2D eigenvalue weighted by atomic mass is 35.5. The average Bonchev–Trinajstić information content (AvgIpc) is 2.95. The molecule has 0 saturated carbocycles. The second kappa shape index (κ2) is 10.3. The molecule has 0 radical (unpaired) electrons. The van der Waals surface area contributed by atoms with Crippen LogP contribution in [0.4, 0.5) is 10.7 Å². The highest BCUT2D eigenvalue weighted by Crippen LogP contribution is 2.47. The second-order valence-corrected chi connectivity index (χ2v) is 11.0. The summed E-state index contributed by atoms with van der Waals surface area (Å²) in [6, 6.07) is 28.8. The zero-order valence-corrected chi connectivity index (χ0v) is 22.6. The smallest absolute Gasteiger partial charge is 0.255 e. The zero-order chi connectivity index (χ0) is 27.1. The van der Waals surface area contributed by atoms with Crippen molar-refractivity contribution in [2.75, 3.05) is 4.90 Å². The van der Waals surface area contributed by atoms with E-state index in [-0.39, 0.29) is 11.3 Å². The number of hydrogen-bond donors (Lipinski definition) is 1. The highest BCUT2D eigenvalue weighted by molar-refractivity contribution is 7.22. The van der Waals surface area contributed by atoms with Crippen LogP contribution in [-0.2, 0) is 4.79 Å². The Bertz CT molecular complexity index is 1790. The quantitative estimate of drug-likeness (QED) is 0.249. The summed E-state index contributed by atoms with van der Waals surface area (Å²) >= 11 is 14.3. The molecule has 1 aromatic heterocycles. The first-order valence-electron chi connectivity index (χ1n) is 12.2. The summed E-state index contributed by atoms with van der Waals surface area (Å²) in [5, 5.41) is 4.78. The molecule has 0 unspecified atom stereocenters. The Morgan fingerprint density at radius 2 is 1.49 bits per heavy atom. The van der Waals surface area contributed by atoms with Crippen molar-refractivity contribution in [3.8, 4) is 0 Å². The SMILES string of the molecule is O=C(N[C@H]1C(=O)N(c2ccccc2)c2sc3cc(Cl)ccc3c(=O)c2[C@H]1c1ccccc1Cl)c1ccccc1. The summed E-state index contributed by atoms with van der Waals surface area (Å²) in [4.78, 5) is 43.6. The van der Waals surface area contributed by atoms with Crippen LogP contribution < -0.4 is 15.6 Å². The first kappa shape index (κ1) is 25.3. The fraction of sp³-hybridized carbons (Fsp3) is 0.0645. The number of benzene rings is 4. The molecule has 4 aromatic carbocycles. The fourth-order valence-electron chi connectivity index (χ4n) is 5.00. The number of para-hydroxylation sites is 1. The minimum atomic E-state index is -1.10. The van der Waals surface area contributed by atoms with Crippen LogP contribution in [0.15, 0.2) is 108 Å². The number of anilines is 2. The van der Waals surface area contributed by atoms with Crippen molar-refractivity contribution in [2.45, 2.75) is 12.0 Å². The van der Waals surface area contributed by atoms with Crippen molar-refractivity contribution in [1.29, 1.82) is 0 Å². The van der Waals surface area contributed by atoms with Crippen LogP contribution in [0.1, 0.15) is 27.4 Å². The number of nitrogens with zero attached hydrogens (tertiary/aromatic N) is 1. The van der Waals surface area contributed by atoms with Gasteiger partial charge in [-0.05, 0) is 54.1 Å². The molecule has 2 amide bonds. The molecule has 5 aromatic rings. The van der Waals surface area contributed by atoms with E-state index < -0.39 is 17.9 Å². The van der Waals surface area contributed by atoms with E-state index in [4.69, 9.17) is 23.2 Å². The van der Waals surface area contributed by atoms with Gasteiger partial charge in [0.15, 0.2) is 5.43 Å². The van der Waals surface area contributed by atoms with Crippen LogP contribution in [0.5, 0.6) is 0 Å². The standard InChI is InChI=1S/C31H20Cl2N2O3S/c32-19-15-16-22-24(17-19)39-31-26(28(22)36)25(21-13-7-8-14-23(21)33)27(34-29(37)18-9-3-1-4-10-18)30(38)35(31)20-11-5-2-6-12-20/h1-17,25,27H,(H,34,37)/t25-,27-/m1/s1. The topological polar surface area (TPSA) is 66.5 Å². The summed E-state index contributed by atoms with van der Waals surface area (Å²) in [6.07, 6.45) is 0. The van der Waals surface area contributed by atoms with Crippen molar-refractivity contribution < 1.29 is 9.59 Å². The van der Waals surface area contributed by atoms with Crippen molar-refractivity contribution in [2.24, 2.45) is 0 Å². The van der Waals surface area contributed by atoms with E-state index in [0.29, 0.717) is 47.5 Å². The number of hydrogen-bond acceptors (Lipinski definition) is 4. The number of carbonyl (C=O) groups is 2. The predicted octanol–water partition coefficient (Wildman–Crippen LogP) is 7.18. The molecular weight excluding hydrogens is 551 g/mol. The van der Waals surface area contributed by atoms with Crippen molar-refractivity contribution in [1.82, 2.24) is 5.32 Å². The van der Waals surface area contributed by atoms with Gasteiger partial charge in [-0.15, -0.1) is 11.3 Å². The van der Waals surface area contributed by atoms with Gasteiger partial charge in [0, 0.05) is 42.9 Å². The van der Waals surface area contributed by atoms with Crippen molar-refractivity contribution >= 4 is 67.1 Å². The van der Waals surface area contributed by atoms with E-state index in [0.717, 1.165) is 0 Å². The molecule has 2 atom stereocenters. The Morgan fingerprint density at radius 3 is 2.21 bits per heavy atom. The minimum Gasteiger partial charge on any atom is -0.339 e. The van der Waals surface area contributed by atoms with Gasteiger partial charge in [-0.2, -0.15) is 0 Å². The maximum atomic E-state index is 14.4. The number of halogens is 2. The fourth-order valence-corrected chi connectivity index (χ4v) is 6.77. The molecule has 6 rings (SSSR count). The predicted molar refractivity (Wildman–Crippen MR) is 158 cm³/mol. The Morgan fingerprint density at radius 1 is 0.821 bits per heavy atom. The minimum absolute atomic E-state index is 0.243. The Labute approximate surface area is 238 Å². The van der Waals surface area contributed by atoms with Gasteiger partial charge >= 0.3 is 0 Å². The summed E-state index contributed by atoms with van der Waals surface area (Å²) in [5.41, 5.74) is 1.71. The van der Waals surface area contributed by atoms with E-state index in [1.165, 1.54) is 16.2 Å². The van der Waals surface area contributed by atoms with Gasteiger partial charge in [0.1, 0.15) is 11.0 Å². The number of amides is 2. The van der Waals surface area contributed by atoms with Gasteiger partial charge in [0.25, 0.3) is 11.8 Å². The van der Waals surface area contributed by atoms with Gasteiger partial charge in [-0.1, -0.05) is 77.8 Å². The summed E-state index contributed by atoms with van der Waals surface area (Å²) in [7, 11) is 0. The lowest BCUT2D eigenvalue weighted by Crippen LogP contribution is -2.54. The van der Waals surface area contributed by atoms with Crippen molar-refractivity contribution in [3.05, 3.63) is 140 Å². The maximum absolute atomic E-state index is 14.4. The largest absolute Gasteiger partial charge is 0.339 e. The molecular formula is C31H20Cl2N2O3S. The average molecular weight is 571 g/mol. The lowest BCUT2D eigenvalue weighted by atomic mass is 9.81. The second-order valence-electron chi connectivity index (χ2n) is 9.12. The third kappa shape index (κ3) is 4.51. The molecule has 1 N–H and O–H groups in total. The first-order chi connectivity index (χ1) is 18.9. The zero-order valence-electron chi connectivity index (χ0n) is 20.3. The van der Waals surface area contributed by atoms with Gasteiger partial charge in [-0.25, -0.2) is 0 Å². The number of rotatable bonds is 4. The van der Waals surface area contributed by atoms with E-state index in [1.54, 1.807) is 78.9 Å². The molecule has 0 saturated heterocycles. The van der Waals surface area contributed by atoms with Gasteiger partial charge in [0.05, 0.1) is 0 Å².